The summed E-state index contributed by atoms with van der Waals surface area (Å²) >= 11 is 1.89. The number of rotatable bonds is 3. The molecule has 0 spiro atoms. The van der Waals surface area contributed by atoms with Gasteiger partial charge in [0.25, 0.3) is 0 Å². The monoisotopic (exact) mass is 690 g/mol. The summed E-state index contributed by atoms with van der Waals surface area (Å²) in [7, 11) is 0. The van der Waals surface area contributed by atoms with Crippen LogP contribution < -0.4 is 0 Å². The molecule has 53 heavy (non-hydrogen) atoms. The average Bonchev–Trinajstić information content (AvgIpc) is 3.73. The van der Waals surface area contributed by atoms with E-state index in [0.29, 0.717) is 0 Å². The SMILES string of the molecule is c1ccc(-n2c3ccccc3c3cc(-c4ccc5c(c4)c4c6cccc7c6c(cc4n5-c4cccc5ccccc45)Sc4ccccc4-7)ccc32)cc1. The number of fused-ring (bicyclic) bond motifs is 10. The Hall–Kier alpha value is -6.55. The van der Waals surface area contributed by atoms with Gasteiger partial charge < -0.3 is 9.13 Å². The van der Waals surface area contributed by atoms with Gasteiger partial charge in [-0.05, 0) is 93.7 Å². The summed E-state index contributed by atoms with van der Waals surface area (Å²) in [5.74, 6) is 0. The van der Waals surface area contributed by atoms with Crippen LogP contribution in [0.3, 0.4) is 0 Å². The van der Waals surface area contributed by atoms with Gasteiger partial charge in [0, 0.05) is 47.8 Å². The summed E-state index contributed by atoms with van der Waals surface area (Å²) in [6.07, 6.45) is 0. The van der Waals surface area contributed by atoms with Crippen molar-refractivity contribution in [3.8, 4) is 33.6 Å². The summed E-state index contributed by atoms with van der Waals surface area (Å²) in [6.45, 7) is 0. The molecular weight excluding hydrogens is 661 g/mol. The fourth-order valence-electron chi connectivity index (χ4n) is 9.00. The maximum Gasteiger partial charge on any atom is 0.0559 e. The smallest absolute Gasteiger partial charge is 0.0559 e. The molecule has 2 aromatic heterocycles. The first-order chi connectivity index (χ1) is 26.3. The Kier molecular flexibility index (Phi) is 6.02. The third-order valence-corrected chi connectivity index (χ3v) is 12.4. The molecule has 0 amide bonds. The van der Waals surface area contributed by atoms with Crippen LogP contribution in [-0.4, -0.2) is 9.13 Å². The molecule has 1 aliphatic heterocycles. The van der Waals surface area contributed by atoms with Crippen LogP contribution in [0.4, 0.5) is 0 Å². The number of hydrogen-bond donors (Lipinski definition) is 0. The first kappa shape index (κ1) is 29.1. The van der Waals surface area contributed by atoms with E-state index in [1.807, 2.05) is 11.8 Å². The molecule has 0 bridgehead atoms. The van der Waals surface area contributed by atoms with Crippen molar-refractivity contribution in [3.63, 3.8) is 0 Å². The molecule has 246 valence electrons. The van der Waals surface area contributed by atoms with Crippen LogP contribution >= 0.6 is 11.8 Å². The predicted molar refractivity (Wildman–Crippen MR) is 225 cm³/mol. The summed E-state index contributed by atoms with van der Waals surface area (Å²) in [5.41, 5.74) is 12.3. The Morgan fingerprint density at radius 2 is 0.981 bits per heavy atom. The Balaban J connectivity index is 1.17. The third-order valence-electron chi connectivity index (χ3n) is 11.3. The summed E-state index contributed by atoms with van der Waals surface area (Å²) in [4.78, 5) is 2.62. The lowest BCUT2D eigenvalue weighted by Gasteiger charge is -2.21. The van der Waals surface area contributed by atoms with E-state index in [4.69, 9.17) is 0 Å². The zero-order valence-electron chi connectivity index (χ0n) is 28.6. The fourth-order valence-corrected chi connectivity index (χ4v) is 10.2. The van der Waals surface area contributed by atoms with E-state index in [9.17, 15) is 0 Å². The van der Waals surface area contributed by atoms with Crippen LogP contribution in [0.25, 0.3) is 98.8 Å². The average molecular weight is 691 g/mol. The minimum Gasteiger partial charge on any atom is -0.309 e. The van der Waals surface area contributed by atoms with Crippen molar-refractivity contribution in [1.82, 2.24) is 9.13 Å². The maximum atomic E-state index is 2.51. The quantitative estimate of drug-likeness (QED) is 0.179. The second-order valence-corrected chi connectivity index (χ2v) is 15.2. The molecule has 0 saturated carbocycles. The van der Waals surface area contributed by atoms with Gasteiger partial charge in [-0.15, -0.1) is 0 Å². The normalized spacial score (nSPS) is 12.5. The fraction of sp³-hybridized carbons (Fsp3) is 0. The van der Waals surface area contributed by atoms with Crippen LogP contribution in [0.1, 0.15) is 0 Å². The standard InChI is InChI=1S/C50H30N2S/c1-2-14-34(15-3-1)51-43-21-8-6-17-36(43)40-28-32(24-26-44(40)51)33-25-27-45-41(29-33)49-39-20-11-19-38-37-18-7-9-23-47(37)53-48(50(38)39)30-46(49)52(45)42-22-10-13-31-12-4-5-16-35(31)42/h1-30H. The Bertz CT molecular complexity index is 3310. The van der Waals surface area contributed by atoms with Gasteiger partial charge in [-0.2, -0.15) is 0 Å². The number of nitrogens with zero attached hydrogens (tertiary/aromatic N) is 2. The zero-order chi connectivity index (χ0) is 34.6. The molecule has 0 fully saturated rings. The van der Waals surface area contributed by atoms with Crippen LogP contribution in [0.5, 0.6) is 0 Å². The third kappa shape index (κ3) is 4.11. The van der Waals surface area contributed by atoms with Crippen LogP contribution in [0, 0.1) is 0 Å². The molecule has 0 unspecified atom stereocenters. The predicted octanol–water partition coefficient (Wildman–Crippen LogP) is 14.0. The first-order valence-corrected chi connectivity index (χ1v) is 19.0. The van der Waals surface area contributed by atoms with Crippen molar-refractivity contribution in [2.75, 3.05) is 0 Å². The van der Waals surface area contributed by atoms with Crippen molar-refractivity contribution >= 4 is 76.9 Å². The minimum atomic E-state index is 1.17. The van der Waals surface area contributed by atoms with Crippen molar-refractivity contribution < 1.29 is 0 Å². The molecular formula is C50H30N2S. The molecule has 1 aliphatic rings. The van der Waals surface area contributed by atoms with E-state index >= 15 is 0 Å². The van der Waals surface area contributed by atoms with Crippen molar-refractivity contribution in [2.24, 2.45) is 0 Å². The minimum absolute atomic E-state index is 1.17. The summed E-state index contributed by atoms with van der Waals surface area (Å²) in [6, 6.07) is 67.2. The molecule has 0 aliphatic carbocycles. The molecule has 0 radical (unpaired) electrons. The lowest BCUT2D eigenvalue weighted by Crippen LogP contribution is -1.97. The topological polar surface area (TPSA) is 9.86 Å². The molecule has 3 heterocycles. The van der Waals surface area contributed by atoms with Crippen LogP contribution in [-0.2, 0) is 0 Å². The van der Waals surface area contributed by atoms with Crippen molar-refractivity contribution in [3.05, 3.63) is 182 Å². The second kappa shape index (κ2) is 11.0. The van der Waals surface area contributed by atoms with Gasteiger partial charge in [-0.1, -0.05) is 133 Å². The Morgan fingerprint density at radius 1 is 0.340 bits per heavy atom. The number of aromatic nitrogens is 2. The molecule has 0 atom stereocenters. The molecule has 2 nitrogen and oxygen atoms in total. The lowest BCUT2D eigenvalue weighted by atomic mass is 9.94. The molecule has 3 heteroatoms. The van der Waals surface area contributed by atoms with Crippen molar-refractivity contribution in [2.45, 2.75) is 9.79 Å². The number of para-hydroxylation sites is 2. The van der Waals surface area contributed by atoms with Gasteiger partial charge in [0.1, 0.15) is 0 Å². The number of hydrogen-bond acceptors (Lipinski definition) is 1. The van der Waals surface area contributed by atoms with Gasteiger partial charge in [0.2, 0.25) is 0 Å². The molecule has 12 rings (SSSR count). The highest BCUT2D eigenvalue weighted by Crippen LogP contribution is 2.51. The van der Waals surface area contributed by atoms with Gasteiger partial charge in [-0.3, -0.25) is 0 Å². The van der Waals surface area contributed by atoms with Crippen LogP contribution in [0.2, 0.25) is 0 Å². The largest absolute Gasteiger partial charge is 0.309 e. The van der Waals surface area contributed by atoms with Crippen LogP contribution in [0.15, 0.2) is 192 Å². The maximum absolute atomic E-state index is 2.51. The zero-order valence-corrected chi connectivity index (χ0v) is 29.4. The molecule has 9 aromatic carbocycles. The van der Waals surface area contributed by atoms with E-state index in [-0.39, 0.29) is 0 Å². The highest BCUT2D eigenvalue weighted by molar-refractivity contribution is 7.99. The first-order valence-electron chi connectivity index (χ1n) is 18.2. The molecule has 0 N–H and O–H groups in total. The lowest BCUT2D eigenvalue weighted by molar-refractivity contribution is 1.18. The van der Waals surface area contributed by atoms with E-state index < -0.39 is 0 Å². The summed E-state index contributed by atoms with van der Waals surface area (Å²) < 4.78 is 4.90. The number of benzene rings is 9. The van der Waals surface area contributed by atoms with E-state index in [1.54, 1.807) is 0 Å². The highest BCUT2D eigenvalue weighted by Gasteiger charge is 2.24. The molecule has 11 aromatic rings. The van der Waals surface area contributed by atoms with Gasteiger partial charge in [0.05, 0.1) is 27.8 Å². The van der Waals surface area contributed by atoms with E-state index in [2.05, 4.69) is 191 Å². The Morgan fingerprint density at radius 3 is 1.87 bits per heavy atom. The van der Waals surface area contributed by atoms with E-state index in [0.717, 1.165) is 0 Å². The van der Waals surface area contributed by atoms with E-state index in [1.165, 1.54) is 109 Å². The Labute approximate surface area is 310 Å². The van der Waals surface area contributed by atoms with Gasteiger partial charge >= 0.3 is 0 Å². The van der Waals surface area contributed by atoms with Gasteiger partial charge in [0.15, 0.2) is 0 Å². The highest BCUT2D eigenvalue weighted by atomic mass is 32.2. The van der Waals surface area contributed by atoms with Gasteiger partial charge in [-0.25, -0.2) is 0 Å². The second-order valence-electron chi connectivity index (χ2n) is 14.1. The summed E-state index contributed by atoms with van der Waals surface area (Å²) in [5, 5.41) is 10.2. The molecule has 0 saturated heterocycles. The van der Waals surface area contributed by atoms with Crippen molar-refractivity contribution in [1.29, 1.82) is 0 Å².